The molecule has 0 saturated carbocycles. The van der Waals surface area contributed by atoms with E-state index in [1.807, 2.05) is 77.1 Å². The van der Waals surface area contributed by atoms with E-state index in [0.29, 0.717) is 29.3 Å². The number of nitrogens with zero attached hydrogens (tertiary/aromatic N) is 3. The lowest BCUT2D eigenvalue weighted by Crippen LogP contribution is -2.33. The first kappa shape index (κ1) is 21.7. The summed E-state index contributed by atoms with van der Waals surface area (Å²) in [6, 6.07) is 15.4. The third-order valence-corrected chi connectivity index (χ3v) is 6.09. The first-order valence-corrected chi connectivity index (χ1v) is 11.1. The highest BCUT2D eigenvalue weighted by atomic mass is 16.7. The summed E-state index contributed by atoms with van der Waals surface area (Å²) >= 11 is 0. The van der Waals surface area contributed by atoms with Crippen LogP contribution >= 0.6 is 0 Å². The van der Waals surface area contributed by atoms with Crippen molar-refractivity contribution in [3.63, 3.8) is 0 Å². The van der Waals surface area contributed by atoms with E-state index in [9.17, 15) is 14.4 Å². The van der Waals surface area contributed by atoms with E-state index in [1.165, 1.54) is 0 Å². The Bertz CT molecular complexity index is 1510. The third kappa shape index (κ3) is 3.31. The fourth-order valence-electron chi connectivity index (χ4n) is 4.65. The summed E-state index contributed by atoms with van der Waals surface area (Å²) in [7, 11) is 1.88. The van der Waals surface area contributed by atoms with Crippen molar-refractivity contribution in [2.24, 2.45) is 12.8 Å². The zero-order valence-corrected chi connectivity index (χ0v) is 18.9. The van der Waals surface area contributed by atoms with Crippen LogP contribution in [0.3, 0.4) is 0 Å². The van der Waals surface area contributed by atoms with Crippen molar-refractivity contribution < 1.29 is 19.2 Å². The van der Waals surface area contributed by atoms with Gasteiger partial charge >= 0.3 is 5.97 Å². The zero-order valence-electron chi connectivity index (χ0n) is 18.9. The van der Waals surface area contributed by atoms with Crippen LogP contribution in [0.5, 0.6) is 0 Å². The van der Waals surface area contributed by atoms with Crippen molar-refractivity contribution in [2.75, 3.05) is 6.54 Å². The Morgan fingerprint density at radius 1 is 0.882 bits per heavy atom. The monoisotopic (exact) mass is 456 g/mol. The van der Waals surface area contributed by atoms with E-state index in [-0.39, 0.29) is 11.1 Å². The van der Waals surface area contributed by atoms with Gasteiger partial charge in [-0.1, -0.05) is 41.5 Å². The molecule has 0 spiro atoms. The molecule has 0 fully saturated rings. The molecule has 172 valence electrons. The Morgan fingerprint density at radius 2 is 1.44 bits per heavy atom. The fourth-order valence-corrected chi connectivity index (χ4v) is 4.65. The van der Waals surface area contributed by atoms with Crippen molar-refractivity contribution in [1.29, 1.82) is 0 Å². The molecular formula is C26H24N4O4. The number of aryl methyl sites for hydroxylation is 2. The van der Waals surface area contributed by atoms with Gasteiger partial charge in [0, 0.05) is 65.8 Å². The van der Waals surface area contributed by atoms with E-state index < -0.39 is 17.8 Å². The van der Waals surface area contributed by atoms with Gasteiger partial charge in [-0.2, -0.15) is 0 Å². The van der Waals surface area contributed by atoms with Crippen LogP contribution in [-0.2, 0) is 32.8 Å². The number of rotatable bonds is 6. The Labute approximate surface area is 195 Å². The minimum absolute atomic E-state index is 0.213. The summed E-state index contributed by atoms with van der Waals surface area (Å²) < 4.78 is 3.95. The van der Waals surface area contributed by atoms with Crippen LogP contribution in [-0.4, -0.2) is 38.5 Å². The number of para-hydroxylation sites is 2. The molecule has 34 heavy (non-hydrogen) atoms. The van der Waals surface area contributed by atoms with Gasteiger partial charge in [-0.15, -0.1) is 0 Å². The average molecular weight is 457 g/mol. The molecule has 0 unspecified atom stereocenters. The van der Waals surface area contributed by atoms with E-state index in [1.54, 1.807) is 0 Å². The molecule has 8 heteroatoms. The predicted molar refractivity (Wildman–Crippen MR) is 129 cm³/mol. The van der Waals surface area contributed by atoms with Crippen LogP contribution in [0.4, 0.5) is 0 Å². The summed E-state index contributed by atoms with van der Waals surface area (Å²) in [6.07, 6.45) is 4.47. The maximum absolute atomic E-state index is 13.6. The van der Waals surface area contributed by atoms with Gasteiger partial charge in [0.05, 0.1) is 11.1 Å². The first-order valence-electron chi connectivity index (χ1n) is 11.1. The molecule has 3 heterocycles. The molecule has 8 nitrogen and oxygen atoms in total. The van der Waals surface area contributed by atoms with Gasteiger partial charge in [-0.25, -0.2) is 4.79 Å². The normalized spacial score (nSPS) is 14.1. The molecule has 2 aromatic carbocycles. The van der Waals surface area contributed by atoms with Crippen LogP contribution in [0.25, 0.3) is 33.0 Å². The number of hydrogen-bond acceptors (Lipinski definition) is 5. The SMILES string of the molecule is CC(=O)ON1C(=O)C(c2cn(C)c3ccccc23)=C(c2cn(CCCN)c3ccccc23)C1=O. The molecule has 2 amide bonds. The lowest BCUT2D eigenvalue weighted by molar-refractivity contribution is -0.193. The number of aromatic nitrogens is 2. The maximum Gasteiger partial charge on any atom is 0.330 e. The van der Waals surface area contributed by atoms with E-state index in [2.05, 4.69) is 0 Å². The zero-order chi connectivity index (χ0) is 24.0. The van der Waals surface area contributed by atoms with Crippen LogP contribution in [0, 0.1) is 0 Å². The van der Waals surface area contributed by atoms with Crippen molar-refractivity contribution in [2.45, 2.75) is 19.9 Å². The number of carbonyl (C=O) groups excluding carboxylic acids is 3. The number of amides is 2. The molecule has 1 aliphatic heterocycles. The summed E-state index contributed by atoms with van der Waals surface area (Å²) in [5.41, 5.74) is 9.23. The molecule has 0 saturated heterocycles. The molecule has 1 aliphatic rings. The highest BCUT2D eigenvalue weighted by Gasteiger charge is 2.44. The number of carbonyl (C=O) groups is 3. The number of imide groups is 1. The molecule has 2 aromatic heterocycles. The summed E-state index contributed by atoms with van der Waals surface area (Å²) in [4.78, 5) is 43.9. The molecule has 0 bridgehead atoms. The smallest absolute Gasteiger partial charge is 0.330 e. The quantitative estimate of drug-likeness (QED) is 0.449. The Hall–Kier alpha value is -4.17. The summed E-state index contributed by atoms with van der Waals surface area (Å²) in [5, 5.41) is 2.23. The molecule has 0 atom stereocenters. The number of hydroxylamine groups is 2. The van der Waals surface area contributed by atoms with Gasteiger partial charge in [0.2, 0.25) is 0 Å². The van der Waals surface area contributed by atoms with Gasteiger partial charge in [0.15, 0.2) is 0 Å². The van der Waals surface area contributed by atoms with Gasteiger partial charge in [0.25, 0.3) is 11.8 Å². The number of hydrogen-bond donors (Lipinski definition) is 1. The van der Waals surface area contributed by atoms with Crippen LogP contribution in [0.2, 0.25) is 0 Å². The van der Waals surface area contributed by atoms with Crippen LogP contribution in [0.15, 0.2) is 60.9 Å². The minimum atomic E-state index is -0.745. The standard InChI is InChI=1S/C26H24N4O4/c1-16(31)34-30-25(32)23(19-14-28(2)21-10-5-3-8-17(19)21)24(26(30)33)20-15-29(13-7-12-27)22-11-6-4-9-18(20)22/h3-6,8-11,14-15H,7,12-13,27H2,1-2H3. The van der Waals surface area contributed by atoms with Gasteiger partial charge < -0.3 is 19.7 Å². The molecule has 0 radical (unpaired) electrons. The number of nitrogens with two attached hydrogens (primary N) is 1. The van der Waals surface area contributed by atoms with Crippen LogP contribution < -0.4 is 5.73 Å². The van der Waals surface area contributed by atoms with Gasteiger partial charge in [-0.05, 0) is 25.1 Å². The van der Waals surface area contributed by atoms with Crippen molar-refractivity contribution >= 4 is 50.7 Å². The van der Waals surface area contributed by atoms with E-state index in [0.717, 1.165) is 35.2 Å². The van der Waals surface area contributed by atoms with Gasteiger partial charge in [0.1, 0.15) is 0 Å². The molecule has 4 aromatic rings. The van der Waals surface area contributed by atoms with Crippen molar-refractivity contribution in [1.82, 2.24) is 14.2 Å². The highest BCUT2D eigenvalue weighted by Crippen LogP contribution is 2.41. The molecule has 2 N–H and O–H groups in total. The lowest BCUT2D eigenvalue weighted by atomic mass is 9.95. The van der Waals surface area contributed by atoms with E-state index >= 15 is 0 Å². The maximum atomic E-state index is 13.6. The highest BCUT2D eigenvalue weighted by molar-refractivity contribution is 6.50. The Kier molecular flexibility index (Phi) is 5.30. The average Bonchev–Trinajstić information content (AvgIpc) is 3.43. The first-order chi connectivity index (χ1) is 16.4. The van der Waals surface area contributed by atoms with Gasteiger partial charge in [-0.3, -0.25) is 9.59 Å². The Balaban J connectivity index is 1.81. The minimum Gasteiger partial charge on any atom is -0.350 e. The van der Waals surface area contributed by atoms with Crippen LogP contribution in [0.1, 0.15) is 24.5 Å². The molecule has 0 aliphatic carbocycles. The van der Waals surface area contributed by atoms with Crippen molar-refractivity contribution in [3.8, 4) is 0 Å². The molecular weight excluding hydrogens is 432 g/mol. The molecule has 5 rings (SSSR count). The second-order valence-electron chi connectivity index (χ2n) is 8.30. The summed E-state index contributed by atoms with van der Waals surface area (Å²) in [6.45, 7) is 2.36. The predicted octanol–water partition coefficient (Wildman–Crippen LogP) is 3.24. The van der Waals surface area contributed by atoms with E-state index in [4.69, 9.17) is 10.6 Å². The summed E-state index contributed by atoms with van der Waals surface area (Å²) in [5.74, 6) is -2.07. The third-order valence-electron chi connectivity index (χ3n) is 6.09. The number of benzene rings is 2. The van der Waals surface area contributed by atoms with Crippen molar-refractivity contribution in [3.05, 3.63) is 72.1 Å². The fraction of sp³-hybridized carbons (Fsp3) is 0.192. The second-order valence-corrected chi connectivity index (χ2v) is 8.30. The topological polar surface area (TPSA) is 99.6 Å². The Morgan fingerprint density at radius 3 is 2.06 bits per heavy atom. The second kappa shape index (κ2) is 8.31. The number of fused-ring (bicyclic) bond motifs is 2. The lowest BCUT2D eigenvalue weighted by Gasteiger charge is -2.12. The largest absolute Gasteiger partial charge is 0.350 e.